The molecule has 0 N–H and O–H groups in total. The van der Waals surface area contributed by atoms with Crippen molar-refractivity contribution in [1.82, 2.24) is 0 Å². The molecule has 3 rings (SSSR count). The van der Waals surface area contributed by atoms with Crippen LogP contribution in [0.1, 0.15) is 40.5 Å². The normalized spacial score (nSPS) is 13.9. The van der Waals surface area contributed by atoms with Crippen LogP contribution in [-0.2, 0) is 0 Å². The molecule has 0 aliphatic rings. The average molecular weight is 546 g/mol. The van der Waals surface area contributed by atoms with Gasteiger partial charge in [-0.15, -0.1) is 0 Å². The quantitative estimate of drug-likeness (QED) is 0.135. The molecule has 0 fully saturated rings. The van der Waals surface area contributed by atoms with E-state index in [1.54, 1.807) is 0 Å². The van der Waals surface area contributed by atoms with Crippen molar-refractivity contribution in [3.63, 3.8) is 0 Å². The molecule has 0 amide bonds. The zero-order chi connectivity index (χ0) is 25.2. The number of hydrogen-bond acceptors (Lipinski definition) is 0. The topological polar surface area (TPSA) is 0 Å². The van der Waals surface area contributed by atoms with E-state index in [4.69, 9.17) is 0 Å². The second-order valence-corrected chi connectivity index (χ2v) is 18.5. The van der Waals surface area contributed by atoms with Gasteiger partial charge in [0.2, 0.25) is 0 Å². The summed E-state index contributed by atoms with van der Waals surface area (Å²) in [6.45, 7) is 8.74. The van der Waals surface area contributed by atoms with Crippen molar-refractivity contribution < 1.29 is 0 Å². The van der Waals surface area contributed by atoms with Crippen LogP contribution in [0.25, 0.3) is 0 Å². The molecule has 0 bridgehead atoms. The van der Waals surface area contributed by atoms with Crippen LogP contribution in [0.3, 0.4) is 0 Å². The van der Waals surface area contributed by atoms with E-state index in [0.29, 0.717) is 0 Å². The van der Waals surface area contributed by atoms with Crippen LogP contribution >= 0.6 is 20.8 Å². The Morgan fingerprint density at radius 1 is 0.686 bits per heavy atom. The fourth-order valence-corrected chi connectivity index (χ4v) is 11.5. The van der Waals surface area contributed by atoms with Gasteiger partial charge in [0.1, 0.15) is 0 Å². The molecule has 35 heavy (non-hydrogen) atoms. The van der Waals surface area contributed by atoms with Crippen molar-refractivity contribution in [1.29, 1.82) is 0 Å². The molecule has 182 valence electrons. The van der Waals surface area contributed by atoms with Crippen molar-refractivity contribution in [2.24, 2.45) is 0 Å². The summed E-state index contributed by atoms with van der Waals surface area (Å²) in [6.07, 6.45) is 14.5. The third kappa shape index (κ3) is 6.60. The van der Waals surface area contributed by atoms with E-state index in [2.05, 4.69) is 165 Å². The van der Waals surface area contributed by atoms with Crippen molar-refractivity contribution in [3.05, 3.63) is 138 Å². The summed E-state index contributed by atoms with van der Waals surface area (Å²) in [5.74, 6) is 0. The van der Waals surface area contributed by atoms with Gasteiger partial charge >= 0.3 is 222 Å². The van der Waals surface area contributed by atoms with Crippen LogP contribution in [0.5, 0.6) is 0 Å². The van der Waals surface area contributed by atoms with Crippen LogP contribution < -0.4 is 15.9 Å². The second-order valence-electron chi connectivity index (χ2n) is 9.51. The maximum absolute atomic E-state index is 4.52. The van der Waals surface area contributed by atoms with Gasteiger partial charge in [-0.2, -0.15) is 0 Å². The van der Waals surface area contributed by atoms with Gasteiger partial charge in [-0.3, -0.25) is 0 Å². The first-order valence-electron chi connectivity index (χ1n) is 12.4. The van der Waals surface area contributed by atoms with Crippen LogP contribution in [-0.4, -0.2) is 6.16 Å². The molecule has 0 saturated heterocycles. The van der Waals surface area contributed by atoms with E-state index >= 15 is 0 Å². The Morgan fingerprint density at radius 3 is 1.57 bits per heavy atom. The van der Waals surface area contributed by atoms with Crippen molar-refractivity contribution in [3.8, 4) is 0 Å². The first-order chi connectivity index (χ1) is 16.8. The van der Waals surface area contributed by atoms with Crippen LogP contribution in [0.15, 0.2) is 138 Å². The molecule has 3 aromatic rings. The second kappa shape index (κ2) is 12.5. The summed E-state index contributed by atoms with van der Waals surface area (Å²) in [6, 6.07) is 32.9. The standard InChI is InChI=1S/C33H38BrP/c1-28(2)16-14-17-29(3)18-15-19-30(4)26-27-35(34,31-20-8-5-9-21-31,32-22-10-6-11-23-32)33-24-12-7-13-25-33/h5-13,15-16,18-26H,14,17,27H2,1-4H3. The molecular formula is C33H38BrP. The minimum absolute atomic E-state index is 0.906. The van der Waals surface area contributed by atoms with Crippen LogP contribution in [0.4, 0.5) is 0 Å². The zero-order valence-corrected chi connectivity index (χ0v) is 24.0. The van der Waals surface area contributed by atoms with Gasteiger partial charge in [-0.1, -0.05) is 0 Å². The molecule has 0 nitrogen and oxygen atoms in total. The Labute approximate surface area is 220 Å². The Hall–Kier alpha value is -2.47. The summed E-state index contributed by atoms with van der Waals surface area (Å²) in [7, 11) is 0. The molecule has 0 saturated carbocycles. The fourth-order valence-electron chi connectivity index (χ4n) is 4.40. The number of rotatable bonds is 10. The first kappa shape index (κ1) is 27.1. The molecular weight excluding hydrogens is 507 g/mol. The van der Waals surface area contributed by atoms with E-state index in [1.807, 2.05) is 0 Å². The van der Waals surface area contributed by atoms with E-state index in [0.717, 1.165) is 19.0 Å². The summed E-state index contributed by atoms with van der Waals surface area (Å²) in [5.41, 5.74) is 4.07. The van der Waals surface area contributed by atoms with Gasteiger partial charge in [0.15, 0.2) is 0 Å². The van der Waals surface area contributed by atoms with E-state index in [-0.39, 0.29) is 0 Å². The number of hydrogen-bond donors (Lipinski definition) is 0. The Bertz CT molecular complexity index is 1100. The van der Waals surface area contributed by atoms with Gasteiger partial charge in [0.25, 0.3) is 0 Å². The fraction of sp³-hybridized carbons (Fsp3) is 0.212. The van der Waals surface area contributed by atoms with Crippen LogP contribution in [0, 0.1) is 0 Å². The number of benzene rings is 3. The zero-order valence-electron chi connectivity index (χ0n) is 21.5. The average Bonchev–Trinajstić information content (AvgIpc) is 2.89. The SMILES string of the molecule is CC(C)=CCCC(C)=CC=CC(C)=CCP(Br)(c1ccccc1)(c1ccccc1)c1ccccc1. The maximum atomic E-state index is 4.52. The molecule has 2 heteroatoms. The first-order valence-corrected chi connectivity index (χ1v) is 16.8. The molecule has 0 unspecified atom stereocenters. The van der Waals surface area contributed by atoms with E-state index in [1.165, 1.54) is 32.6 Å². The summed E-state index contributed by atoms with van der Waals surface area (Å²) in [5, 5.41) is 1.13. The molecule has 0 aliphatic heterocycles. The monoisotopic (exact) mass is 544 g/mol. The molecule has 0 heterocycles. The van der Waals surface area contributed by atoms with E-state index in [9.17, 15) is 0 Å². The van der Waals surface area contributed by atoms with Crippen molar-refractivity contribution >= 4 is 36.7 Å². The molecule has 0 aliphatic carbocycles. The van der Waals surface area contributed by atoms with Gasteiger partial charge in [0.05, 0.1) is 0 Å². The van der Waals surface area contributed by atoms with E-state index < -0.39 is 5.31 Å². The minimum atomic E-state index is -2.91. The Kier molecular flexibility index (Phi) is 9.67. The van der Waals surface area contributed by atoms with Gasteiger partial charge in [-0.05, 0) is 0 Å². The predicted octanol–water partition coefficient (Wildman–Crippen LogP) is 9.02. The van der Waals surface area contributed by atoms with Gasteiger partial charge in [0, 0.05) is 0 Å². The third-order valence-corrected chi connectivity index (χ3v) is 16.0. The summed E-state index contributed by atoms with van der Waals surface area (Å²) in [4.78, 5) is 0. The van der Waals surface area contributed by atoms with Crippen LogP contribution in [0.2, 0.25) is 0 Å². The Balaban J connectivity index is 2.02. The van der Waals surface area contributed by atoms with Gasteiger partial charge < -0.3 is 0 Å². The molecule has 0 spiro atoms. The Morgan fingerprint density at radius 2 is 1.14 bits per heavy atom. The molecule has 0 aromatic heterocycles. The summed E-state index contributed by atoms with van der Waals surface area (Å²) >= 11 is 4.52. The number of halogens is 1. The predicted molar refractivity (Wildman–Crippen MR) is 164 cm³/mol. The molecule has 0 radical (unpaired) electrons. The number of allylic oxidation sites excluding steroid dienone is 8. The van der Waals surface area contributed by atoms with Crippen molar-refractivity contribution in [2.75, 3.05) is 6.16 Å². The van der Waals surface area contributed by atoms with Crippen molar-refractivity contribution in [2.45, 2.75) is 40.5 Å². The molecule has 0 atom stereocenters. The molecule has 3 aromatic carbocycles. The summed E-state index contributed by atoms with van der Waals surface area (Å²) < 4.78 is 0. The third-order valence-electron chi connectivity index (χ3n) is 6.47. The van der Waals surface area contributed by atoms with Gasteiger partial charge in [-0.25, -0.2) is 0 Å².